The lowest BCUT2D eigenvalue weighted by Gasteiger charge is -2.18. The summed E-state index contributed by atoms with van der Waals surface area (Å²) in [6.45, 7) is 7.23. The van der Waals surface area contributed by atoms with Gasteiger partial charge >= 0.3 is 0 Å². The average molecular weight is 312 g/mol. The SMILES string of the molecule is CCNCC(C)C(=O)NC(C)c1ccc(S(C)(=O)=O)cc1. The van der Waals surface area contributed by atoms with Crippen LogP contribution in [0.5, 0.6) is 0 Å². The fourth-order valence-corrected chi connectivity index (χ4v) is 2.53. The summed E-state index contributed by atoms with van der Waals surface area (Å²) in [5.41, 5.74) is 0.881. The van der Waals surface area contributed by atoms with E-state index in [1.165, 1.54) is 6.26 Å². The van der Waals surface area contributed by atoms with Gasteiger partial charge in [-0.15, -0.1) is 0 Å². The molecule has 1 aromatic rings. The topological polar surface area (TPSA) is 75.3 Å². The number of carbonyl (C=O) groups excluding carboxylic acids is 1. The lowest BCUT2D eigenvalue weighted by atomic mass is 10.1. The Morgan fingerprint density at radius 1 is 1.19 bits per heavy atom. The van der Waals surface area contributed by atoms with Crippen molar-refractivity contribution >= 4 is 15.7 Å². The molecule has 0 saturated heterocycles. The summed E-state index contributed by atoms with van der Waals surface area (Å²) >= 11 is 0. The Balaban J connectivity index is 2.67. The molecule has 6 heteroatoms. The van der Waals surface area contributed by atoms with Crippen LogP contribution in [-0.2, 0) is 14.6 Å². The van der Waals surface area contributed by atoms with Crippen LogP contribution in [0.25, 0.3) is 0 Å². The predicted molar refractivity (Wildman–Crippen MR) is 83.8 cm³/mol. The zero-order valence-electron chi connectivity index (χ0n) is 13.0. The third-order valence-electron chi connectivity index (χ3n) is 3.32. The van der Waals surface area contributed by atoms with Crippen molar-refractivity contribution in [3.8, 4) is 0 Å². The maximum atomic E-state index is 12.0. The number of carbonyl (C=O) groups is 1. The largest absolute Gasteiger partial charge is 0.349 e. The zero-order chi connectivity index (χ0) is 16.0. The molecule has 0 spiro atoms. The van der Waals surface area contributed by atoms with E-state index >= 15 is 0 Å². The number of rotatable bonds is 7. The fraction of sp³-hybridized carbons (Fsp3) is 0.533. The van der Waals surface area contributed by atoms with Crippen LogP contribution in [0.4, 0.5) is 0 Å². The third-order valence-corrected chi connectivity index (χ3v) is 4.44. The highest BCUT2D eigenvalue weighted by Gasteiger charge is 2.16. The van der Waals surface area contributed by atoms with Crippen LogP contribution in [0.2, 0.25) is 0 Å². The van der Waals surface area contributed by atoms with Gasteiger partial charge in [-0.3, -0.25) is 4.79 Å². The van der Waals surface area contributed by atoms with Crippen molar-refractivity contribution in [2.45, 2.75) is 31.7 Å². The van der Waals surface area contributed by atoms with Gasteiger partial charge < -0.3 is 10.6 Å². The minimum Gasteiger partial charge on any atom is -0.349 e. The van der Waals surface area contributed by atoms with Crippen LogP contribution in [0.3, 0.4) is 0 Å². The molecule has 118 valence electrons. The maximum Gasteiger partial charge on any atom is 0.224 e. The standard InChI is InChI=1S/C15H24N2O3S/c1-5-16-10-11(2)15(18)17-12(3)13-6-8-14(9-7-13)21(4,19)20/h6-9,11-12,16H,5,10H2,1-4H3,(H,17,18). The number of nitrogens with one attached hydrogen (secondary N) is 2. The summed E-state index contributed by atoms with van der Waals surface area (Å²) in [5.74, 6) is -0.127. The first-order valence-electron chi connectivity index (χ1n) is 7.06. The van der Waals surface area contributed by atoms with Gasteiger partial charge in [0.25, 0.3) is 0 Å². The van der Waals surface area contributed by atoms with E-state index in [1.807, 2.05) is 20.8 Å². The van der Waals surface area contributed by atoms with E-state index < -0.39 is 9.84 Å². The van der Waals surface area contributed by atoms with Crippen LogP contribution in [0.15, 0.2) is 29.2 Å². The van der Waals surface area contributed by atoms with E-state index in [1.54, 1.807) is 24.3 Å². The first kappa shape index (κ1) is 17.7. The van der Waals surface area contributed by atoms with Crippen LogP contribution < -0.4 is 10.6 Å². The second-order valence-electron chi connectivity index (χ2n) is 5.28. The van der Waals surface area contributed by atoms with Gasteiger partial charge in [-0.1, -0.05) is 26.0 Å². The van der Waals surface area contributed by atoms with E-state index in [9.17, 15) is 13.2 Å². The molecule has 0 saturated carbocycles. The van der Waals surface area contributed by atoms with Gasteiger partial charge in [0.15, 0.2) is 9.84 Å². The average Bonchev–Trinajstić information content (AvgIpc) is 2.43. The first-order valence-corrected chi connectivity index (χ1v) is 8.96. The molecule has 1 aromatic carbocycles. The number of amides is 1. The van der Waals surface area contributed by atoms with Crippen LogP contribution in [0, 0.1) is 5.92 Å². The summed E-state index contributed by atoms with van der Waals surface area (Å²) in [6, 6.07) is 6.44. The Labute approximate surface area is 127 Å². The number of hydrogen-bond donors (Lipinski definition) is 2. The van der Waals surface area contributed by atoms with E-state index in [0.29, 0.717) is 6.54 Å². The van der Waals surface area contributed by atoms with Crippen LogP contribution >= 0.6 is 0 Å². The summed E-state index contributed by atoms with van der Waals surface area (Å²) < 4.78 is 22.8. The monoisotopic (exact) mass is 312 g/mol. The Kier molecular flexibility index (Phi) is 6.36. The molecule has 0 bridgehead atoms. The quantitative estimate of drug-likeness (QED) is 0.800. The summed E-state index contributed by atoms with van der Waals surface area (Å²) in [4.78, 5) is 12.3. The van der Waals surface area contributed by atoms with Gasteiger partial charge in [-0.05, 0) is 31.2 Å². The minimum atomic E-state index is -3.19. The Bertz CT molecular complexity index is 567. The van der Waals surface area contributed by atoms with Crippen molar-refractivity contribution < 1.29 is 13.2 Å². The molecule has 2 unspecified atom stereocenters. The Morgan fingerprint density at radius 3 is 2.24 bits per heavy atom. The molecule has 21 heavy (non-hydrogen) atoms. The number of sulfone groups is 1. The van der Waals surface area contributed by atoms with E-state index in [4.69, 9.17) is 0 Å². The van der Waals surface area contributed by atoms with E-state index in [2.05, 4.69) is 10.6 Å². The van der Waals surface area contributed by atoms with Gasteiger partial charge in [0.2, 0.25) is 5.91 Å². The van der Waals surface area contributed by atoms with E-state index in [0.717, 1.165) is 12.1 Å². The second-order valence-corrected chi connectivity index (χ2v) is 7.30. The van der Waals surface area contributed by atoms with Crippen molar-refractivity contribution in [1.82, 2.24) is 10.6 Å². The molecule has 0 heterocycles. The summed E-state index contributed by atoms with van der Waals surface area (Å²) in [5, 5.41) is 6.07. The molecule has 2 atom stereocenters. The highest BCUT2D eigenvalue weighted by atomic mass is 32.2. The number of benzene rings is 1. The third kappa shape index (κ3) is 5.47. The van der Waals surface area contributed by atoms with Crippen molar-refractivity contribution in [3.05, 3.63) is 29.8 Å². The normalized spacial score (nSPS) is 14.5. The highest BCUT2D eigenvalue weighted by Crippen LogP contribution is 2.16. The van der Waals surface area contributed by atoms with Crippen molar-refractivity contribution in [1.29, 1.82) is 0 Å². The van der Waals surface area contributed by atoms with Crippen molar-refractivity contribution in [2.75, 3.05) is 19.3 Å². The zero-order valence-corrected chi connectivity index (χ0v) is 13.8. The van der Waals surface area contributed by atoms with E-state index in [-0.39, 0.29) is 22.8 Å². The summed E-state index contributed by atoms with van der Waals surface area (Å²) in [6.07, 6.45) is 1.18. The molecular formula is C15H24N2O3S. The molecule has 0 radical (unpaired) electrons. The maximum absolute atomic E-state index is 12.0. The second kappa shape index (κ2) is 7.56. The molecular weight excluding hydrogens is 288 g/mol. The molecule has 2 N–H and O–H groups in total. The highest BCUT2D eigenvalue weighted by molar-refractivity contribution is 7.90. The molecule has 0 aliphatic carbocycles. The van der Waals surface area contributed by atoms with Gasteiger partial charge in [0, 0.05) is 18.7 Å². The minimum absolute atomic E-state index is 0.0179. The lowest BCUT2D eigenvalue weighted by molar-refractivity contribution is -0.125. The smallest absolute Gasteiger partial charge is 0.224 e. The van der Waals surface area contributed by atoms with Crippen LogP contribution in [-0.4, -0.2) is 33.7 Å². The fourth-order valence-electron chi connectivity index (χ4n) is 1.90. The molecule has 0 aliphatic rings. The predicted octanol–water partition coefficient (Wildman–Crippen LogP) is 1.51. The summed E-state index contributed by atoms with van der Waals surface area (Å²) in [7, 11) is -3.19. The van der Waals surface area contributed by atoms with Gasteiger partial charge in [0.1, 0.15) is 0 Å². The van der Waals surface area contributed by atoms with Crippen molar-refractivity contribution in [2.24, 2.45) is 5.92 Å². The number of hydrogen-bond acceptors (Lipinski definition) is 4. The first-order chi connectivity index (χ1) is 9.75. The van der Waals surface area contributed by atoms with Gasteiger partial charge in [0.05, 0.1) is 10.9 Å². The lowest BCUT2D eigenvalue weighted by Crippen LogP contribution is -2.36. The van der Waals surface area contributed by atoms with Gasteiger partial charge in [-0.2, -0.15) is 0 Å². The van der Waals surface area contributed by atoms with Crippen molar-refractivity contribution in [3.63, 3.8) is 0 Å². The molecule has 5 nitrogen and oxygen atoms in total. The van der Waals surface area contributed by atoms with Gasteiger partial charge in [-0.25, -0.2) is 8.42 Å². The molecule has 0 aromatic heterocycles. The molecule has 1 amide bonds. The Hall–Kier alpha value is -1.40. The molecule has 1 rings (SSSR count). The molecule has 0 aliphatic heterocycles. The molecule has 0 fully saturated rings. The van der Waals surface area contributed by atoms with Crippen LogP contribution in [0.1, 0.15) is 32.4 Å². The Morgan fingerprint density at radius 2 is 1.76 bits per heavy atom.